The van der Waals surface area contributed by atoms with Crippen LogP contribution in [0.3, 0.4) is 0 Å². The summed E-state index contributed by atoms with van der Waals surface area (Å²) < 4.78 is 50.8. The van der Waals surface area contributed by atoms with Crippen molar-refractivity contribution in [3.05, 3.63) is 23.8 Å². The summed E-state index contributed by atoms with van der Waals surface area (Å²) in [5.41, 5.74) is 6.59. The Morgan fingerprint density at radius 2 is 1.52 bits per heavy atom. The molecule has 0 bridgehead atoms. The maximum absolute atomic E-state index is 12.7. The molecule has 0 spiro atoms. The van der Waals surface area contributed by atoms with Gasteiger partial charge in [0.25, 0.3) is 0 Å². The zero-order valence-electron chi connectivity index (χ0n) is 12.0. The van der Waals surface area contributed by atoms with Crippen molar-refractivity contribution in [3.8, 4) is 0 Å². The minimum Gasteiger partial charge on any atom is -0.398 e. The maximum Gasteiger partial charge on any atom is 0.245 e. The van der Waals surface area contributed by atoms with Crippen LogP contribution in [0.4, 0.5) is 5.69 Å². The molecule has 1 aliphatic rings. The van der Waals surface area contributed by atoms with Gasteiger partial charge in [-0.1, -0.05) is 12.1 Å². The number of aryl methyl sites for hydroxylation is 1. The molecule has 1 aliphatic heterocycles. The first-order valence-electron chi connectivity index (χ1n) is 6.44. The second-order valence-electron chi connectivity index (χ2n) is 5.06. The zero-order chi connectivity index (χ0) is 15.8. The molecule has 0 radical (unpaired) electrons. The summed E-state index contributed by atoms with van der Waals surface area (Å²) in [5.74, 6) is 0. The smallest absolute Gasteiger partial charge is 0.245 e. The van der Waals surface area contributed by atoms with Gasteiger partial charge in [0.2, 0.25) is 20.0 Å². The lowest BCUT2D eigenvalue weighted by molar-refractivity contribution is 0.274. The van der Waals surface area contributed by atoms with Crippen molar-refractivity contribution in [2.24, 2.45) is 0 Å². The van der Waals surface area contributed by atoms with E-state index in [4.69, 9.17) is 5.73 Å². The Labute approximate surface area is 125 Å². The summed E-state index contributed by atoms with van der Waals surface area (Å²) in [4.78, 5) is 0.109. The minimum absolute atomic E-state index is 0.109. The van der Waals surface area contributed by atoms with E-state index < -0.39 is 20.0 Å². The second-order valence-corrected chi connectivity index (χ2v) is 8.92. The molecule has 1 saturated heterocycles. The Bertz CT molecular complexity index is 716. The molecule has 2 rings (SSSR count). The van der Waals surface area contributed by atoms with E-state index >= 15 is 0 Å². The second kappa shape index (κ2) is 5.56. The molecule has 0 aliphatic carbocycles. The number of rotatable bonds is 3. The van der Waals surface area contributed by atoms with Gasteiger partial charge in [0.15, 0.2) is 0 Å². The predicted molar refractivity (Wildman–Crippen MR) is 80.8 cm³/mol. The molecule has 0 unspecified atom stereocenters. The van der Waals surface area contributed by atoms with E-state index in [0.29, 0.717) is 5.56 Å². The van der Waals surface area contributed by atoms with E-state index in [1.54, 1.807) is 25.1 Å². The van der Waals surface area contributed by atoms with Crippen molar-refractivity contribution in [1.29, 1.82) is 0 Å². The lowest BCUT2D eigenvalue weighted by Crippen LogP contribution is -2.50. The molecule has 0 amide bonds. The van der Waals surface area contributed by atoms with E-state index in [0.717, 1.165) is 6.26 Å². The molecule has 7 nitrogen and oxygen atoms in total. The molecule has 9 heteroatoms. The third-order valence-corrected chi connectivity index (χ3v) is 6.93. The minimum atomic E-state index is -3.71. The Kier molecular flexibility index (Phi) is 4.29. The van der Waals surface area contributed by atoms with Crippen LogP contribution in [0.5, 0.6) is 0 Å². The van der Waals surface area contributed by atoms with Crippen LogP contribution in [0.1, 0.15) is 5.56 Å². The van der Waals surface area contributed by atoms with Crippen molar-refractivity contribution in [3.63, 3.8) is 0 Å². The van der Waals surface area contributed by atoms with Gasteiger partial charge in [0.05, 0.1) is 11.9 Å². The quantitative estimate of drug-likeness (QED) is 0.775. The number of nitrogen functional groups attached to an aromatic ring is 1. The van der Waals surface area contributed by atoms with Crippen LogP contribution >= 0.6 is 0 Å². The van der Waals surface area contributed by atoms with Crippen molar-refractivity contribution >= 4 is 25.7 Å². The van der Waals surface area contributed by atoms with Gasteiger partial charge in [0.1, 0.15) is 4.90 Å². The fourth-order valence-electron chi connectivity index (χ4n) is 2.40. The van der Waals surface area contributed by atoms with E-state index in [-0.39, 0.29) is 36.8 Å². The van der Waals surface area contributed by atoms with Gasteiger partial charge < -0.3 is 5.73 Å². The van der Waals surface area contributed by atoms with Crippen molar-refractivity contribution in [2.75, 3.05) is 38.2 Å². The number of nitrogens with two attached hydrogens (primary N) is 1. The van der Waals surface area contributed by atoms with Gasteiger partial charge in [-0.3, -0.25) is 0 Å². The average molecular weight is 333 g/mol. The third kappa shape index (κ3) is 3.20. The highest BCUT2D eigenvalue weighted by Gasteiger charge is 2.33. The first kappa shape index (κ1) is 16.2. The Morgan fingerprint density at radius 3 is 2.00 bits per heavy atom. The molecule has 0 aromatic heterocycles. The molecule has 2 N–H and O–H groups in total. The predicted octanol–water partition coefficient (Wildman–Crippen LogP) is -0.157. The van der Waals surface area contributed by atoms with Crippen molar-refractivity contribution in [2.45, 2.75) is 11.8 Å². The fourth-order valence-corrected chi connectivity index (χ4v) is 4.97. The van der Waals surface area contributed by atoms with Crippen LogP contribution in [0.2, 0.25) is 0 Å². The zero-order valence-corrected chi connectivity index (χ0v) is 13.6. The van der Waals surface area contributed by atoms with E-state index in [1.807, 2.05) is 0 Å². The first-order chi connectivity index (χ1) is 9.64. The molecule has 1 aromatic carbocycles. The number of sulfonamides is 2. The highest BCUT2D eigenvalue weighted by Crippen LogP contribution is 2.26. The number of hydrogen-bond acceptors (Lipinski definition) is 5. The van der Waals surface area contributed by atoms with Gasteiger partial charge >= 0.3 is 0 Å². The van der Waals surface area contributed by atoms with Gasteiger partial charge in [-0.2, -0.15) is 8.61 Å². The van der Waals surface area contributed by atoms with Gasteiger partial charge in [-0.25, -0.2) is 16.8 Å². The number of nitrogens with zero attached hydrogens (tertiary/aromatic N) is 2. The summed E-state index contributed by atoms with van der Waals surface area (Å²) in [6.07, 6.45) is 1.12. The first-order valence-corrected chi connectivity index (χ1v) is 9.73. The number of benzene rings is 1. The monoisotopic (exact) mass is 333 g/mol. The largest absolute Gasteiger partial charge is 0.398 e. The topological polar surface area (TPSA) is 101 Å². The molecule has 0 atom stereocenters. The van der Waals surface area contributed by atoms with Crippen LogP contribution in [0.15, 0.2) is 23.1 Å². The molecule has 21 heavy (non-hydrogen) atoms. The third-order valence-electron chi connectivity index (χ3n) is 3.51. The van der Waals surface area contributed by atoms with Crippen molar-refractivity contribution < 1.29 is 16.8 Å². The molecule has 0 saturated carbocycles. The summed E-state index contributed by atoms with van der Waals surface area (Å²) in [5, 5.41) is 0. The number of hydrogen-bond donors (Lipinski definition) is 1. The van der Waals surface area contributed by atoms with Crippen LogP contribution in [0.25, 0.3) is 0 Å². The van der Waals surface area contributed by atoms with Gasteiger partial charge in [-0.15, -0.1) is 0 Å². The van der Waals surface area contributed by atoms with Crippen LogP contribution < -0.4 is 5.73 Å². The van der Waals surface area contributed by atoms with E-state index in [2.05, 4.69) is 0 Å². The Morgan fingerprint density at radius 1 is 1.00 bits per heavy atom. The molecule has 1 heterocycles. The number of piperazine rings is 1. The molecule has 1 fully saturated rings. The molecule has 1 aromatic rings. The lowest BCUT2D eigenvalue weighted by atomic mass is 10.2. The van der Waals surface area contributed by atoms with Crippen LogP contribution in [-0.2, 0) is 20.0 Å². The Hall–Kier alpha value is -1.16. The van der Waals surface area contributed by atoms with E-state index in [1.165, 1.54) is 8.61 Å². The van der Waals surface area contributed by atoms with Gasteiger partial charge in [0, 0.05) is 26.2 Å². The van der Waals surface area contributed by atoms with Crippen molar-refractivity contribution in [1.82, 2.24) is 8.61 Å². The van der Waals surface area contributed by atoms with Gasteiger partial charge in [-0.05, 0) is 18.6 Å². The lowest BCUT2D eigenvalue weighted by Gasteiger charge is -2.33. The summed E-state index contributed by atoms with van der Waals surface area (Å²) in [6, 6.07) is 4.94. The molecular weight excluding hydrogens is 314 g/mol. The fraction of sp³-hybridized carbons (Fsp3) is 0.500. The summed E-state index contributed by atoms with van der Waals surface area (Å²) in [6.45, 7) is 2.26. The molecule has 118 valence electrons. The maximum atomic E-state index is 12.7. The summed E-state index contributed by atoms with van der Waals surface area (Å²) >= 11 is 0. The van der Waals surface area contributed by atoms with E-state index in [9.17, 15) is 16.8 Å². The Balaban J connectivity index is 2.27. The van der Waals surface area contributed by atoms with Crippen LogP contribution in [0, 0.1) is 6.92 Å². The average Bonchev–Trinajstić information content (AvgIpc) is 2.37. The molecular formula is C12H19N3O4S2. The SMILES string of the molecule is Cc1cccc(N)c1S(=O)(=O)N1CCN(S(C)(=O)=O)CC1. The van der Waals surface area contributed by atoms with Crippen LogP contribution in [-0.4, -0.2) is 57.9 Å². The standard InChI is InChI=1S/C12H19N3O4S2/c1-10-4-3-5-11(13)12(10)21(18,19)15-8-6-14(7-9-15)20(2,16)17/h3-5H,6-9,13H2,1-2H3. The number of anilines is 1. The highest BCUT2D eigenvalue weighted by molar-refractivity contribution is 7.89. The highest BCUT2D eigenvalue weighted by atomic mass is 32.2. The summed E-state index contributed by atoms with van der Waals surface area (Å²) in [7, 11) is -6.99. The normalized spacial score (nSPS) is 18.8.